The minimum atomic E-state index is 0.218. The number of aromatic nitrogens is 1. The molecule has 0 radical (unpaired) electrons. The van der Waals surface area contributed by atoms with Gasteiger partial charge in [0.2, 0.25) is 0 Å². The molecule has 0 aliphatic carbocycles. The molecule has 98 valence electrons. The van der Waals surface area contributed by atoms with Crippen molar-refractivity contribution < 1.29 is 4.74 Å². The molecule has 2 aromatic rings. The van der Waals surface area contributed by atoms with Crippen LogP contribution in [0.3, 0.4) is 0 Å². The highest BCUT2D eigenvalue weighted by Gasteiger charge is 2.13. The van der Waals surface area contributed by atoms with Crippen LogP contribution in [0, 0.1) is 16.7 Å². The summed E-state index contributed by atoms with van der Waals surface area (Å²) < 4.78 is 5.85. The summed E-state index contributed by atoms with van der Waals surface area (Å²) in [4.78, 5) is 4.27. The van der Waals surface area contributed by atoms with Gasteiger partial charge in [-0.1, -0.05) is 32.9 Å². The fourth-order valence-electron chi connectivity index (χ4n) is 1.81. The summed E-state index contributed by atoms with van der Waals surface area (Å²) in [6.07, 6.45) is 2.52. The van der Waals surface area contributed by atoms with Crippen molar-refractivity contribution in [3.05, 3.63) is 36.0 Å². The van der Waals surface area contributed by atoms with Crippen LogP contribution in [0.5, 0.6) is 5.75 Å². The van der Waals surface area contributed by atoms with Crippen molar-refractivity contribution in [3.8, 4) is 11.8 Å². The van der Waals surface area contributed by atoms with Gasteiger partial charge in [0.15, 0.2) is 0 Å². The van der Waals surface area contributed by atoms with Crippen molar-refractivity contribution in [2.24, 2.45) is 5.41 Å². The number of pyridine rings is 1. The van der Waals surface area contributed by atoms with Crippen molar-refractivity contribution in [3.63, 3.8) is 0 Å². The number of hydrogen-bond donors (Lipinski definition) is 0. The monoisotopic (exact) mass is 254 g/mol. The molecular formula is C16H18N2O. The summed E-state index contributed by atoms with van der Waals surface area (Å²) >= 11 is 0. The number of nitrogens with zero attached hydrogens (tertiary/aromatic N) is 2. The second kappa shape index (κ2) is 5.27. The van der Waals surface area contributed by atoms with Crippen LogP contribution in [-0.4, -0.2) is 11.6 Å². The third-order valence-corrected chi connectivity index (χ3v) is 2.94. The molecule has 0 atom stereocenters. The second-order valence-corrected chi connectivity index (χ2v) is 5.79. The van der Waals surface area contributed by atoms with Crippen LogP contribution in [0.1, 0.15) is 32.8 Å². The number of para-hydroxylation sites is 1. The lowest BCUT2D eigenvalue weighted by Gasteiger charge is -2.19. The molecule has 0 amide bonds. The molecular weight excluding hydrogens is 236 g/mol. The molecule has 0 saturated carbocycles. The fourth-order valence-corrected chi connectivity index (χ4v) is 1.81. The first-order chi connectivity index (χ1) is 9.01. The maximum atomic E-state index is 9.17. The molecule has 0 aliphatic rings. The predicted octanol–water partition coefficient (Wildman–Crippen LogP) is 3.92. The van der Waals surface area contributed by atoms with E-state index in [4.69, 9.17) is 10.00 Å². The second-order valence-electron chi connectivity index (χ2n) is 5.79. The maximum absolute atomic E-state index is 9.17. The van der Waals surface area contributed by atoms with Gasteiger partial charge in [0.05, 0.1) is 12.1 Å². The van der Waals surface area contributed by atoms with Gasteiger partial charge in [-0.3, -0.25) is 4.98 Å². The Morgan fingerprint density at radius 3 is 2.68 bits per heavy atom. The van der Waals surface area contributed by atoms with Crippen LogP contribution in [0.25, 0.3) is 10.9 Å². The van der Waals surface area contributed by atoms with E-state index in [1.807, 2.05) is 24.3 Å². The Kier molecular flexibility index (Phi) is 3.71. The van der Waals surface area contributed by atoms with Gasteiger partial charge in [0.25, 0.3) is 0 Å². The standard InChI is InChI=1S/C16H18N2O/c1-16(2,3)8-9-19-15-12(10-17)11-18-14-7-5-4-6-13(14)15/h4-7,11H,8-9H2,1-3H3. The van der Waals surface area contributed by atoms with Gasteiger partial charge in [-0.05, 0) is 24.0 Å². The maximum Gasteiger partial charge on any atom is 0.148 e. The molecule has 3 nitrogen and oxygen atoms in total. The average molecular weight is 254 g/mol. The van der Waals surface area contributed by atoms with Crippen molar-refractivity contribution in [2.75, 3.05) is 6.61 Å². The van der Waals surface area contributed by atoms with Crippen molar-refractivity contribution in [1.82, 2.24) is 4.98 Å². The smallest absolute Gasteiger partial charge is 0.148 e. The third-order valence-electron chi connectivity index (χ3n) is 2.94. The summed E-state index contributed by atoms with van der Waals surface area (Å²) in [6, 6.07) is 9.87. The van der Waals surface area contributed by atoms with Crippen molar-refractivity contribution in [2.45, 2.75) is 27.2 Å². The zero-order valence-corrected chi connectivity index (χ0v) is 11.6. The first-order valence-corrected chi connectivity index (χ1v) is 6.42. The number of benzene rings is 1. The predicted molar refractivity (Wildman–Crippen MR) is 76.0 cm³/mol. The van der Waals surface area contributed by atoms with Gasteiger partial charge >= 0.3 is 0 Å². The van der Waals surface area contributed by atoms with Crippen molar-refractivity contribution >= 4 is 10.9 Å². The minimum absolute atomic E-state index is 0.218. The van der Waals surface area contributed by atoms with Gasteiger partial charge in [0.1, 0.15) is 17.4 Å². The zero-order chi connectivity index (χ0) is 13.9. The summed E-state index contributed by atoms with van der Waals surface area (Å²) in [7, 11) is 0. The van der Waals surface area contributed by atoms with Crippen LogP contribution in [0.15, 0.2) is 30.5 Å². The van der Waals surface area contributed by atoms with Gasteiger partial charge in [0, 0.05) is 11.6 Å². The van der Waals surface area contributed by atoms with Crippen LogP contribution in [0.4, 0.5) is 0 Å². The lowest BCUT2D eigenvalue weighted by Crippen LogP contribution is -2.11. The van der Waals surface area contributed by atoms with E-state index in [0.29, 0.717) is 17.9 Å². The molecule has 3 heteroatoms. The molecule has 0 fully saturated rings. The van der Waals surface area contributed by atoms with E-state index in [1.165, 1.54) is 0 Å². The van der Waals surface area contributed by atoms with E-state index in [1.54, 1.807) is 6.20 Å². The molecule has 0 aliphatic heterocycles. The van der Waals surface area contributed by atoms with E-state index < -0.39 is 0 Å². The van der Waals surface area contributed by atoms with E-state index in [0.717, 1.165) is 17.3 Å². The van der Waals surface area contributed by atoms with Crippen LogP contribution < -0.4 is 4.74 Å². The molecule has 1 heterocycles. The van der Waals surface area contributed by atoms with Gasteiger partial charge in [-0.25, -0.2) is 0 Å². The summed E-state index contributed by atoms with van der Waals surface area (Å²) in [6.45, 7) is 7.12. The summed E-state index contributed by atoms with van der Waals surface area (Å²) in [5.74, 6) is 0.650. The van der Waals surface area contributed by atoms with Gasteiger partial charge < -0.3 is 4.74 Å². The number of fused-ring (bicyclic) bond motifs is 1. The number of nitriles is 1. The van der Waals surface area contributed by atoms with E-state index in [9.17, 15) is 0 Å². The zero-order valence-electron chi connectivity index (χ0n) is 11.6. The summed E-state index contributed by atoms with van der Waals surface area (Å²) in [5, 5.41) is 10.1. The van der Waals surface area contributed by atoms with Crippen molar-refractivity contribution in [1.29, 1.82) is 5.26 Å². The Balaban J connectivity index is 2.32. The van der Waals surface area contributed by atoms with Gasteiger partial charge in [-0.15, -0.1) is 0 Å². The van der Waals surface area contributed by atoms with Crippen LogP contribution in [-0.2, 0) is 0 Å². The third kappa shape index (κ3) is 3.23. The SMILES string of the molecule is CC(C)(C)CCOc1c(C#N)cnc2ccccc12. The first-order valence-electron chi connectivity index (χ1n) is 6.42. The van der Waals surface area contributed by atoms with Crippen LogP contribution in [0.2, 0.25) is 0 Å². The van der Waals surface area contributed by atoms with Gasteiger partial charge in [-0.2, -0.15) is 5.26 Å². The molecule has 0 unspecified atom stereocenters. The molecule has 2 rings (SSSR count). The largest absolute Gasteiger partial charge is 0.491 e. The van der Waals surface area contributed by atoms with E-state index in [2.05, 4.69) is 31.8 Å². The highest BCUT2D eigenvalue weighted by atomic mass is 16.5. The normalized spacial score (nSPS) is 11.3. The number of ether oxygens (including phenoxy) is 1. The van der Waals surface area contributed by atoms with Crippen LogP contribution >= 0.6 is 0 Å². The molecule has 1 aromatic carbocycles. The molecule has 0 spiro atoms. The first kappa shape index (κ1) is 13.4. The Labute approximate surface area is 113 Å². The lowest BCUT2D eigenvalue weighted by molar-refractivity contribution is 0.244. The van der Waals surface area contributed by atoms with E-state index in [-0.39, 0.29) is 5.41 Å². The average Bonchev–Trinajstić information content (AvgIpc) is 2.37. The minimum Gasteiger partial charge on any atom is -0.491 e. The Morgan fingerprint density at radius 2 is 2.00 bits per heavy atom. The molecule has 1 aromatic heterocycles. The Hall–Kier alpha value is -2.08. The highest BCUT2D eigenvalue weighted by Crippen LogP contribution is 2.28. The molecule has 0 N–H and O–H groups in total. The highest BCUT2D eigenvalue weighted by molar-refractivity contribution is 5.87. The topological polar surface area (TPSA) is 45.9 Å². The quantitative estimate of drug-likeness (QED) is 0.834. The summed E-state index contributed by atoms with van der Waals surface area (Å²) in [5.41, 5.74) is 1.56. The van der Waals surface area contributed by atoms with E-state index >= 15 is 0 Å². The fraction of sp³-hybridized carbons (Fsp3) is 0.375. The Morgan fingerprint density at radius 1 is 1.26 bits per heavy atom. The lowest BCUT2D eigenvalue weighted by atomic mass is 9.93. The number of hydrogen-bond acceptors (Lipinski definition) is 3. The molecule has 19 heavy (non-hydrogen) atoms. The molecule has 0 bridgehead atoms. The number of rotatable bonds is 3. The molecule has 0 saturated heterocycles. The Bertz CT molecular complexity index is 621.